The molecule has 158 valence electrons. The van der Waals surface area contributed by atoms with Gasteiger partial charge in [-0.1, -0.05) is 6.92 Å². The molecule has 0 aliphatic heterocycles. The van der Waals surface area contributed by atoms with E-state index < -0.39 is 18.5 Å². The topological polar surface area (TPSA) is 108 Å². The van der Waals surface area contributed by atoms with E-state index in [1.54, 1.807) is 6.92 Å². The van der Waals surface area contributed by atoms with Gasteiger partial charge in [-0.05, 0) is 50.2 Å². The van der Waals surface area contributed by atoms with Crippen molar-refractivity contribution in [1.29, 1.82) is 5.26 Å². The first-order valence-electron chi connectivity index (χ1n) is 9.60. The Bertz CT molecular complexity index is 1060. The molecule has 0 spiro atoms. The van der Waals surface area contributed by atoms with Crippen LogP contribution < -0.4 is 10.6 Å². The Morgan fingerprint density at radius 2 is 1.93 bits per heavy atom. The van der Waals surface area contributed by atoms with Gasteiger partial charge in [0.15, 0.2) is 6.61 Å². The molecule has 0 bridgehead atoms. The van der Waals surface area contributed by atoms with Gasteiger partial charge in [-0.2, -0.15) is 5.26 Å². The lowest BCUT2D eigenvalue weighted by atomic mass is 9.89. The van der Waals surface area contributed by atoms with Crippen LogP contribution >= 0.6 is 22.7 Å². The summed E-state index contributed by atoms with van der Waals surface area (Å²) in [5, 5.41) is 15.8. The van der Waals surface area contributed by atoms with Gasteiger partial charge in [0.2, 0.25) is 5.91 Å². The number of aryl methyl sites for hydroxylation is 1. The highest BCUT2D eigenvalue weighted by molar-refractivity contribution is 7.17. The van der Waals surface area contributed by atoms with E-state index in [9.17, 15) is 19.6 Å². The number of nitrogens with one attached hydrogen (secondary N) is 2. The number of hydrogen-bond donors (Lipinski definition) is 2. The second kappa shape index (κ2) is 8.98. The molecule has 2 N–H and O–H groups in total. The normalized spacial score (nSPS) is 15.1. The van der Waals surface area contributed by atoms with Crippen molar-refractivity contribution in [3.05, 3.63) is 32.0 Å². The molecule has 2 aromatic heterocycles. The van der Waals surface area contributed by atoms with Crippen LogP contribution in [0.2, 0.25) is 0 Å². The molecule has 3 rings (SSSR count). The predicted octanol–water partition coefficient (Wildman–Crippen LogP) is 4.18. The molecule has 2 aromatic rings. The summed E-state index contributed by atoms with van der Waals surface area (Å²) in [6, 6.07) is 2.20. The molecule has 0 aromatic carbocycles. The van der Waals surface area contributed by atoms with Crippen LogP contribution in [0.25, 0.3) is 0 Å². The van der Waals surface area contributed by atoms with Gasteiger partial charge >= 0.3 is 5.97 Å². The smallest absolute Gasteiger partial charge is 0.341 e. The summed E-state index contributed by atoms with van der Waals surface area (Å²) in [6.07, 6.45) is 2.77. The molecule has 1 atom stereocenters. The molecule has 0 fully saturated rings. The average Bonchev–Trinajstić information content (AvgIpc) is 3.14. The van der Waals surface area contributed by atoms with Crippen molar-refractivity contribution in [3.8, 4) is 6.07 Å². The first-order valence-corrected chi connectivity index (χ1v) is 11.2. The fourth-order valence-corrected chi connectivity index (χ4v) is 5.92. The third-order valence-corrected chi connectivity index (χ3v) is 7.38. The first-order chi connectivity index (χ1) is 14.2. The second-order valence-electron chi connectivity index (χ2n) is 7.46. The molecule has 7 nitrogen and oxygen atoms in total. The van der Waals surface area contributed by atoms with Gasteiger partial charge in [-0.3, -0.25) is 9.59 Å². The van der Waals surface area contributed by atoms with E-state index in [0.29, 0.717) is 27.0 Å². The minimum absolute atomic E-state index is 0.263. The summed E-state index contributed by atoms with van der Waals surface area (Å²) in [5.41, 5.74) is 2.51. The Morgan fingerprint density at radius 1 is 1.20 bits per heavy atom. The van der Waals surface area contributed by atoms with Crippen molar-refractivity contribution in [2.24, 2.45) is 5.92 Å². The van der Waals surface area contributed by atoms with Crippen molar-refractivity contribution in [1.82, 2.24) is 0 Å². The maximum absolute atomic E-state index is 12.6. The van der Waals surface area contributed by atoms with E-state index in [1.807, 2.05) is 6.92 Å². The summed E-state index contributed by atoms with van der Waals surface area (Å²) in [7, 11) is 0. The zero-order chi connectivity index (χ0) is 22.0. The van der Waals surface area contributed by atoms with Crippen molar-refractivity contribution in [2.75, 3.05) is 17.2 Å². The summed E-state index contributed by atoms with van der Waals surface area (Å²) >= 11 is 2.71. The van der Waals surface area contributed by atoms with Crippen molar-refractivity contribution < 1.29 is 19.1 Å². The predicted molar refractivity (Wildman–Crippen MR) is 117 cm³/mol. The third kappa shape index (κ3) is 4.55. The van der Waals surface area contributed by atoms with E-state index in [2.05, 4.69) is 23.6 Å². The van der Waals surface area contributed by atoms with Crippen LogP contribution in [0.15, 0.2) is 0 Å². The molecule has 0 saturated carbocycles. The van der Waals surface area contributed by atoms with Crippen molar-refractivity contribution >= 4 is 50.5 Å². The number of esters is 1. The first kappa shape index (κ1) is 22.0. The zero-order valence-corrected chi connectivity index (χ0v) is 18.9. The Kier molecular flexibility index (Phi) is 6.58. The average molecular weight is 446 g/mol. The lowest BCUT2D eigenvalue weighted by molar-refractivity contribution is -0.119. The Morgan fingerprint density at radius 3 is 2.60 bits per heavy atom. The third-order valence-electron chi connectivity index (χ3n) is 5.09. The molecule has 2 amide bonds. The number of nitrogens with zero attached hydrogens (tertiary/aromatic N) is 1. The summed E-state index contributed by atoms with van der Waals surface area (Å²) in [4.78, 5) is 38.4. The fraction of sp³-hybridized carbons (Fsp3) is 0.429. The minimum Gasteiger partial charge on any atom is -0.452 e. The number of fused-ring (bicyclic) bond motifs is 1. The lowest BCUT2D eigenvalue weighted by Gasteiger charge is -2.17. The zero-order valence-electron chi connectivity index (χ0n) is 17.3. The van der Waals surface area contributed by atoms with E-state index in [1.165, 1.54) is 29.6 Å². The summed E-state index contributed by atoms with van der Waals surface area (Å²) < 4.78 is 5.20. The number of rotatable bonds is 5. The van der Waals surface area contributed by atoms with Gasteiger partial charge in [0, 0.05) is 16.7 Å². The quantitative estimate of drug-likeness (QED) is 0.671. The van der Waals surface area contributed by atoms with Gasteiger partial charge < -0.3 is 15.4 Å². The standard InChI is InChI=1S/C21H23N3O4S2/c1-10-5-6-14-15(8-22)19(30-16(14)7-10)24-17(26)9-28-21(27)18-11(2)12(3)29-20(18)23-13(4)25/h10H,5-7,9H2,1-4H3,(H,23,25)(H,24,26). The Balaban J connectivity index is 1.68. The maximum Gasteiger partial charge on any atom is 0.341 e. The number of ether oxygens (including phenoxy) is 1. The highest BCUT2D eigenvalue weighted by Crippen LogP contribution is 2.39. The number of carbonyl (C=O) groups is 3. The summed E-state index contributed by atoms with van der Waals surface area (Å²) in [5.74, 6) is -0.905. The van der Waals surface area contributed by atoms with Crippen LogP contribution in [0.5, 0.6) is 0 Å². The molecule has 2 heterocycles. The molecule has 1 unspecified atom stereocenters. The molecule has 30 heavy (non-hydrogen) atoms. The fourth-order valence-electron chi connectivity index (χ4n) is 3.44. The van der Waals surface area contributed by atoms with Crippen molar-refractivity contribution in [3.63, 3.8) is 0 Å². The maximum atomic E-state index is 12.6. The van der Waals surface area contributed by atoms with Crippen LogP contribution in [-0.4, -0.2) is 24.4 Å². The molecule has 9 heteroatoms. The second-order valence-corrected chi connectivity index (χ2v) is 9.79. The number of nitriles is 1. The molecule has 0 saturated heterocycles. The number of hydrogen-bond acceptors (Lipinski definition) is 7. The van der Waals surface area contributed by atoms with Gasteiger partial charge in [0.1, 0.15) is 16.1 Å². The molecular formula is C21H23N3O4S2. The van der Waals surface area contributed by atoms with Gasteiger partial charge in [0.05, 0.1) is 11.1 Å². The molecular weight excluding hydrogens is 422 g/mol. The van der Waals surface area contributed by atoms with E-state index in [0.717, 1.165) is 34.6 Å². The molecule has 1 aliphatic carbocycles. The monoisotopic (exact) mass is 445 g/mol. The molecule has 1 aliphatic rings. The number of amides is 2. The van der Waals surface area contributed by atoms with Crippen LogP contribution in [0.1, 0.15) is 57.1 Å². The lowest BCUT2D eigenvalue weighted by Crippen LogP contribution is -2.21. The van der Waals surface area contributed by atoms with E-state index in [-0.39, 0.29) is 11.5 Å². The van der Waals surface area contributed by atoms with Crippen molar-refractivity contribution in [2.45, 2.75) is 47.0 Å². The highest BCUT2D eigenvalue weighted by atomic mass is 32.1. The van der Waals surface area contributed by atoms with E-state index in [4.69, 9.17) is 4.74 Å². The van der Waals surface area contributed by atoms with E-state index >= 15 is 0 Å². The summed E-state index contributed by atoms with van der Waals surface area (Å²) in [6.45, 7) is 6.68. The minimum atomic E-state index is -0.671. The van der Waals surface area contributed by atoms with Crippen LogP contribution in [0.4, 0.5) is 10.0 Å². The number of thiophene rings is 2. The Labute approximate surface area is 183 Å². The number of anilines is 2. The van der Waals surface area contributed by atoms with Gasteiger partial charge in [-0.15, -0.1) is 22.7 Å². The van der Waals surface area contributed by atoms with Crippen LogP contribution in [0, 0.1) is 31.1 Å². The van der Waals surface area contributed by atoms with Crippen LogP contribution in [-0.2, 0) is 27.2 Å². The highest BCUT2D eigenvalue weighted by Gasteiger charge is 2.26. The molecule has 0 radical (unpaired) electrons. The van der Waals surface area contributed by atoms with Gasteiger partial charge in [-0.25, -0.2) is 4.79 Å². The largest absolute Gasteiger partial charge is 0.452 e. The Hall–Kier alpha value is -2.70. The SMILES string of the molecule is CC(=O)Nc1sc(C)c(C)c1C(=O)OCC(=O)Nc1sc2c(c1C#N)CCC(C)C2. The number of carbonyl (C=O) groups excluding carboxylic acids is 3. The van der Waals surface area contributed by atoms with Gasteiger partial charge in [0.25, 0.3) is 5.91 Å². The van der Waals surface area contributed by atoms with Crippen LogP contribution in [0.3, 0.4) is 0 Å².